The van der Waals surface area contributed by atoms with Gasteiger partial charge >= 0.3 is 5.76 Å². The molecule has 0 spiro atoms. The SMILES string of the molecule is COc1cccc(Cn2c(=O)oc3ncc(Cc4ccc(C(N)=O)cc4)nc32)c1. The predicted molar refractivity (Wildman–Crippen MR) is 106 cm³/mol. The Balaban J connectivity index is 1.65. The molecule has 2 aromatic heterocycles. The number of oxazole rings is 1. The van der Waals surface area contributed by atoms with Crippen LogP contribution >= 0.6 is 0 Å². The van der Waals surface area contributed by atoms with Crippen LogP contribution in [-0.4, -0.2) is 27.6 Å². The minimum Gasteiger partial charge on any atom is -0.497 e. The van der Waals surface area contributed by atoms with Crippen LogP contribution in [0.25, 0.3) is 11.4 Å². The lowest BCUT2D eigenvalue weighted by Gasteiger charge is -2.06. The van der Waals surface area contributed by atoms with Gasteiger partial charge in [0.15, 0.2) is 0 Å². The molecule has 0 aliphatic heterocycles. The minimum absolute atomic E-state index is 0.186. The molecule has 0 unspecified atom stereocenters. The van der Waals surface area contributed by atoms with Crippen LogP contribution in [0.4, 0.5) is 0 Å². The Labute approximate surface area is 165 Å². The third-order valence-electron chi connectivity index (χ3n) is 4.53. The van der Waals surface area contributed by atoms with Crippen molar-refractivity contribution in [2.24, 2.45) is 5.73 Å². The Morgan fingerprint density at radius 1 is 1.17 bits per heavy atom. The molecular weight excluding hydrogens is 372 g/mol. The number of nitrogens with two attached hydrogens (primary N) is 1. The van der Waals surface area contributed by atoms with Crippen LogP contribution in [-0.2, 0) is 13.0 Å². The van der Waals surface area contributed by atoms with Gasteiger partial charge in [0, 0.05) is 12.0 Å². The summed E-state index contributed by atoms with van der Waals surface area (Å²) < 4.78 is 11.9. The van der Waals surface area contributed by atoms with E-state index in [1.807, 2.05) is 36.4 Å². The average molecular weight is 390 g/mol. The van der Waals surface area contributed by atoms with Gasteiger partial charge in [0.25, 0.3) is 5.71 Å². The first-order valence-electron chi connectivity index (χ1n) is 8.90. The Kier molecular flexibility index (Phi) is 4.82. The van der Waals surface area contributed by atoms with Gasteiger partial charge in [-0.25, -0.2) is 14.8 Å². The molecule has 8 heteroatoms. The summed E-state index contributed by atoms with van der Waals surface area (Å²) in [5.74, 6) is -0.293. The number of hydrogen-bond acceptors (Lipinski definition) is 6. The van der Waals surface area contributed by atoms with E-state index in [1.165, 1.54) is 4.57 Å². The van der Waals surface area contributed by atoms with Crippen LogP contribution in [0, 0.1) is 0 Å². The number of aromatic nitrogens is 3. The van der Waals surface area contributed by atoms with E-state index < -0.39 is 11.7 Å². The molecule has 0 bridgehead atoms. The van der Waals surface area contributed by atoms with Gasteiger partial charge < -0.3 is 14.9 Å². The van der Waals surface area contributed by atoms with Crippen molar-refractivity contribution in [1.29, 1.82) is 0 Å². The molecule has 0 atom stereocenters. The molecule has 2 heterocycles. The zero-order valence-electron chi connectivity index (χ0n) is 15.7. The summed E-state index contributed by atoms with van der Waals surface area (Å²) in [4.78, 5) is 32.3. The zero-order valence-corrected chi connectivity index (χ0v) is 15.7. The Bertz CT molecular complexity index is 1240. The van der Waals surface area contributed by atoms with Crippen LogP contribution in [0.3, 0.4) is 0 Å². The van der Waals surface area contributed by atoms with E-state index in [4.69, 9.17) is 14.9 Å². The summed E-state index contributed by atoms with van der Waals surface area (Å²) in [5, 5.41) is 0. The van der Waals surface area contributed by atoms with Crippen molar-refractivity contribution in [1.82, 2.24) is 14.5 Å². The molecule has 146 valence electrons. The standard InChI is InChI=1S/C21H18N4O4/c1-28-17-4-2-3-14(10-17)12-25-19-20(29-21(25)27)23-11-16(24-19)9-13-5-7-15(8-6-13)18(22)26/h2-8,10-11H,9,12H2,1H3,(H2,22,26). The van der Waals surface area contributed by atoms with E-state index in [0.29, 0.717) is 29.1 Å². The van der Waals surface area contributed by atoms with Gasteiger partial charge in [0.1, 0.15) is 5.75 Å². The Morgan fingerprint density at radius 3 is 2.69 bits per heavy atom. The second kappa shape index (κ2) is 7.59. The molecule has 0 fully saturated rings. The van der Waals surface area contributed by atoms with E-state index in [9.17, 15) is 9.59 Å². The lowest BCUT2D eigenvalue weighted by molar-refractivity contribution is 0.100. The molecule has 4 rings (SSSR count). The van der Waals surface area contributed by atoms with Crippen molar-refractivity contribution in [3.8, 4) is 5.75 Å². The number of benzene rings is 2. The molecule has 1 amide bonds. The minimum atomic E-state index is -0.522. The summed E-state index contributed by atoms with van der Waals surface area (Å²) in [6, 6.07) is 14.4. The fourth-order valence-corrected chi connectivity index (χ4v) is 3.05. The molecule has 0 aliphatic carbocycles. The number of carbonyl (C=O) groups is 1. The molecule has 8 nitrogen and oxygen atoms in total. The fourth-order valence-electron chi connectivity index (χ4n) is 3.05. The van der Waals surface area contributed by atoms with Gasteiger partial charge in [-0.1, -0.05) is 24.3 Å². The largest absolute Gasteiger partial charge is 0.497 e. The number of ether oxygens (including phenoxy) is 1. The van der Waals surface area contributed by atoms with Crippen molar-refractivity contribution < 1.29 is 13.9 Å². The molecule has 0 aliphatic rings. The molecule has 2 aromatic carbocycles. The summed E-state index contributed by atoms with van der Waals surface area (Å²) in [7, 11) is 1.59. The van der Waals surface area contributed by atoms with Crippen LogP contribution in [0.1, 0.15) is 27.2 Å². The number of carbonyl (C=O) groups excluding carboxylic acids is 1. The third kappa shape index (κ3) is 3.86. The highest BCUT2D eigenvalue weighted by Crippen LogP contribution is 2.16. The number of hydrogen-bond donors (Lipinski definition) is 1. The summed E-state index contributed by atoms with van der Waals surface area (Å²) in [5.41, 5.74) is 8.76. The van der Waals surface area contributed by atoms with Crippen molar-refractivity contribution >= 4 is 17.3 Å². The van der Waals surface area contributed by atoms with Crippen molar-refractivity contribution in [3.63, 3.8) is 0 Å². The van der Waals surface area contributed by atoms with Gasteiger partial charge in [-0.2, -0.15) is 0 Å². The Morgan fingerprint density at radius 2 is 1.97 bits per heavy atom. The monoisotopic (exact) mass is 390 g/mol. The highest BCUT2D eigenvalue weighted by atomic mass is 16.5. The Hall–Kier alpha value is -3.94. The molecule has 4 aromatic rings. The lowest BCUT2D eigenvalue weighted by Crippen LogP contribution is -2.15. The van der Waals surface area contributed by atoms with Crippen molar-refractivity contribution in [2.75, 3.05) is 7.11 Å². The molecule has 29 heavy (non-hydrogen) atoms. The zero-order chi connectivity index (χ0) is 20.4. The first-order chi connectivity index (χ1) is 14.0. The van der Waals surface area contributed by atoms with Crippen molar-refractivity contribution in [3.05, 3.63) is 87.7 Å². The topological polar surface area (TPSA) is 113 Å². The molecule has 2 N–H and O–H groups in total. The lowest BCUT2D eigenvalue weighted by atomic mass is 10.1. The number of methoxy groups -OCH3 is 1. The maximum atomic E-state index is 12.3. The predicted octanol–water partition coefficient (Wildman–Crippen LogP) is 2.13. The highest BCUT2D eigenvalue weighted by molar-refractivity contribution is 5.92. The van der Waals surface area contributed by atoms with Gasteiger partial charge in [0.05, 0.1) is 25.5 Å². The van der Waals surface area contributed by atoms with Crippen LogP contribution in [0.15, 0.2) is 63.9 Å². The first kappa shape index (κ1) is 18.4. The van der Waals surface area contributed by atoms with E-state index >= 15 is 0 Å². The maximum absolute atomic E-state index is 12.3. The van der Waals surface area contributed by atoms with Gasteiger partial charge in [-0.05, 0) is 35.4 Å². The quantitative estimate of drug-likeness (QED) is 0.540. The van der Waals surface area contributed by atoms with Crippen LogP contribution in [0.2, 0.25) is 0 Å². The summed E-state index contributed by atoms with van der Waals surface area (Å²) in [6.45, 7) is 0.286. The number of nitrogens with zero attached hydrogens (tertiary/aromatic N) is 3. The number of fused-ring (bicyclic) bond motifs is 1. The molecular formula is C21H18N4O4. The van der Waals surface area contributed by atoms with Gasteiger partial charge in [-0.15, -0.1) is 0 Å². The third-order valence-corrected chi connectivity index (χ3v) is 4.53. The highest BCUT2D eigenvalue weighted by Gasteiger charge is 2.14. The van der Waals surface area contributed by atoms with E-state index in [2.05, 4.69) is 9.97 Å². The van der Waals surface area contributed by atoms with E-state index in [-0.39, 0.29) is 12.3 Å². The van der Waals surface area contributed by atoms with Crippen molar-refractivity contribution in [2.45, 2.75) is 13.0 Å². The molecule has 0 saturated carbocycles. The number of primary amides is 1. The average Bonchev–Trinajstić information content (AvgIpc) is 3.03. The smallest absolute Gasteiger partial charge is 0.422 e. The fraction of sp³-hybridized carbons (Fsp3) is 0.143. The van der Waals surface area contributed by atoms with Crippen LogP contribution in [0.5, 0.6) is 5.75 Å². The molecule has 0 radical (unpaired) electrons. The summed E-state index contributed by atoms with van der Waals surface area (Å²) >= 11 is 0. The normalized spacial score (nSPS) is 10.9. The second-order valence-corrected chi connectivity index (χ2v) is 6.53. The number of rotatable bonds is 6. The van der Waals surface area contributed by atoms with Gasteiger partial charge in [0.2, 0.25) is 11.6 Å². The molecule has 0 saturated heterocycles. The van der Waals surface area contributed by atoms with E-state index in [1.54, 1.807) is 25.4 Å². The first-order valence-corrected chi connectivity index (χ1v) is 8.90. The maximum Gasteiger partial charge on any atom is 0.422 e. The number of amides is 1. The van der Waals surface area contributed by atoms with Gasteiger partial charge in [-0.3, -0.25) is 9.36 Å². The summed E-state index contributed by atoms with van der Waals surface area (Å²) in [6.07, 6.45) is 2.06. The van der Waals surface area contributed by atoms with E-state index in [0.717, 1.165) is 11.1 Å². The second-order valence-electron chi connectivity index (χ2n) is 6.53. The van der Waals surface area contributed by atoms with Crippen LogP contribution < -0.4 is 16.2 Å².